The normalized spacial score (nSPS) is 10.8. The number of nitrogens with zero attached hydrogens (tertiary/aromatic N) is 2. The predicted molar refractivity (Wildman–Crippen MR) is 79.1 cm³/mol. The van der Waals surface area contributed by atoms with Gasteiger partial charge in [0.15, 0.2) is 5.82 Å². The minimum absolute atomic E-state index is 0.490. The highest BCUT2D eigenvalue weighted by Gasteiger charge is 2.08. The highest BCUT2D eigenvalue weighted by Crippen LogP contribution is 2.26. The van der Waals surface area contributed by atoms with Gasteiger partial charge in [-0.15, -0.1) is 0 Å². The van der Waals surface area contributed by atoms with Crippen molar-refractivity contribution in [3.8, 4) is 11.4 Å². The number of anilines is 1. The van der Waals surface area contributed by atoms with Gasteiger partial charge in [0.25, 0.3) is 0 Å². The van der Waals surface area contributed by atoms with Gasteiger partial charge in [0, 0.05) is 16.0 Å². The van der Waals surface area contributed by atoms with Gasteiger partial charge in [0.05, 0.1) is 5.52 Å². The van der Waals surface area contributed by atoms with E-state index in [1.165, 1.54) is 0 Å². The average Bonchev–Trinajstić information content (AvgIpc) is 2.40. The van der Waals surface area contributed by atoms with Crippen molar-refractivity contribution in [3.05, 3.63) is 53.1 Å². The number of halogens is 1. The Kier molecular flexibility index (Phi) is 2.84. The molecule has 0 amide bonds. The molecule has 0 aliphatic heterocycles. The lowest BCUT2D eigenvalue weighted by Crippen LogP contribution is -1.98. The van der Waals surface area contributed by atoms with Gasteiger partial charge in [0.2, 0.25) is 0 Å². The molecular formula is C15H12ClN3. The van der Waals surface area contributed by atoms with Crippen LogP contribution >= 0.6 is 11.6 Å². The van der Waals surface area contributed by atoms with Crippen LogP contribution in [0.1, 0.15) is 5.56 Å². The molecule has 0 radical (unpaired) electrons. The first-order valence-electron chi connectivity index (χ1n) is 5.94. The number of hydrogen-bond acceptors (Lipinski definition) is 3. The second-order valence-electron chi connectivity index (χ2n) is 4.41. The first-order chi connectivity index (χ1) is 9.15. The molecule has 2 aromatic carbocycles. The minimum atomic E-state index is 0.490. The molecule has 0 atom stereocenters. The van der Waals surface area contributed by atoms with Gasteiger partial charge < -0.3 is 5.73 Å². The summed E-state index contributed by atoms with van der Waals surface area (Å²) in [6, 6.07) is 13.3. The Hall–Kier alpha value is -2.13. The summed E-state index contributed by atoms with van der Waals surface area (Å²) in [5.41, 5.74) is 8.84. The SMILES string of the molecule is Cc1cccc2c(N)nc(-c3cccc(Cl)c3)nc12. The third-order valence-corrected chi connectivity index (χ3v) is 3.28. The minimum Gasteiger partial charge on any atom is -0.383 e. The molecular weight excluding hydrogens is 258 g/mol. The molecule has 0 spiro atoms. The third-order valence-electron chi connectivity index (χ3n) is 3.04. The smallest absolute Gasteiger partial charge is 0.162 e. The number of nitrogen functional groups attached to an aromatic ring is 1. The molecule has 0 unspecified atom stereocenters. The topological polar surface area (TPSA) is 51.8 Å². The van der Waals surface area contributed by atoms with Crippen LogP contribution in [0.15, 0.2) is 42.5 Å². The van der Waals surface area contributed by atoms with Crippen molar-refractivity contribution in [2.45, 2.75) is 6.92 Å². The lowest BCUT2D eigenvalue weighted by Gasteiger charge is -2.07. The van der Waals surface area contributed by atoms with E-state index >= 15 is 0 Å². The van der Waals surface area contributed by atoms with Crippen molar-refractivity contribution in [1.82, 2.24) is 9.97 Å². The van der Waals surface area contributed by atoms with E-state index in [0.29, 0.717) is 16.7 Å². The Labute approximate surface area is 116 Å². The molecule has 0 aliphatic rings. The lowest BCUT2D eigenvalue weighted by atomic mass is 10.1. The summed E-state index contributed by atoms with van der Waals surface area (Å²) in [5, 5.41) is 1.54. The molecule has 1 heterocycles. The van der Waals surface area contributed by atoms with E-state index in [0.717, 1.165) is 22.0 Å². The highest BCUT2D eigenvalue weighted by molar-refractivity contribution is 6.30. The van der Waals surface area contributed by atoms with Gasteiger partial charge >= 0.3 is 0 Å². The second kappa shape index (κ2) is 4.52. The molecule has 19 heavy (non-hydrogen) atoms. The highest BCUT2D eigenvalue weighted by atomic mass is 35.5. The van der Waals surface area contributed by atoms with Crippen molar-refractivity contribution in [3.63, 3.8) is 0 Å². The zero-order valence-corrected chi connectivity index (χ0v) is 11.1. The van der Waals surface area contributed by atoms with E-state index in [2.05, 4.69) is 9.97 Å². The first kappa shape index (κ1) is 11.9. The van der Waals surface area contributed by atoms with Gasteiger partial charge in [-0.2, -0.15) is 0 Å². The zero-order chi connectivity index (χ0) is 13.4. The molecule has 0 saturated heterocycles. The van der Waals surface area contributed by atoms with E-state index < -0.39 is 0 Å². The van der Waals surface area contributed by atoms with Crippen LogP contribution in [0.5, 0.6) is 0 Å². The fourth-order valence-corrected chi connectivity index (χ4v) is 2.27. The number of aromatic nitrogens is 2. The molecule has 2 N–H and O–H groups in total. The van der Waals surface area contributed by atoms with Gasteiger partial charge in [-0.05, 0) is 30.7 Å². The van der Waals surface area contributed by atoms with Crippen LogP contribution in [-0.2, 0) is 0 Å². The Balaban J connectivity index is 2.29. The molecule has 3 aromatic rings. The van der Waals surface area contributed by atoms with Gasteiger partial charge in [-0.25, -0.2) is 9.97 Å². The molecule has 0 bridgehead atoms. The lowest BCUT2D eigenvalue weighted by molar-refractivity contribution is 1.22. The van der Waals surface area contributed by atoms with E-state index in [4.69, 9.17) is 17.3 Å². The van der Waals surface area contributed by atoms with Crippen LogP contribution in [0.25, 0.3) is 22.3 Å². The molecule has 4 heteroatoms. The van der Waals surface area contributed by atoms with Gasteiger partial charge in [-0.3, -0.25) is 0 Å². The summed E-state index contributed by atoms with van der Waals surface area (Å²) in [7, 11) is 0. The quantitative estimate of drug-likeness (QED) is 0.730. The van der Waals surface area contributed by atoms with Gasteiger partial charge in [-0.1, -0.05) is 35.9 Å². The van der Waals surface area contributed by atoms with Crippen LogP contribution in [0, 0.1) is 6.92 Å². The standard InChI is InChI=1S/C15H12ClN3/c1-9-4-2-7-12-13(9)18-15(19-14(12)17)10-5-3-6-11(16)8-10/h2-8H,1H3,(H2,17,18,19). The Morgan fingerprint density at radius 3 is 2.63 bits per heavy atom. The monoisotopic (exact) mass is 269 g/mol. The largest absolute Gasteiger partial charge is 0.383 e. The third kappa shape index (κ3) is 2.13. The predicted octanol–water partition coefficient (Wildman–Crippen LogP) is 3.84. The maximum atomic E-state index is 6.02. The summed E-state index contributed by atoms with van der Waals surface area (Å²) >= 11 is 6.00. The number of rotatable bonds is 1. The summed E-state index contributed by atoms with van der Waals surface area (Å²) in [6.45, 7) is 2.01. The van der Waals surface area contributed by atoms with E-state index in [-0.39, 0.29) is 0 Å². The Morgan fingerprint density at radius 2 is 1.84 bits per heavy atom. The fraction of sp³-hybridized carbons (Fsp3) is 0.0667. The summed E-state index contributed by atoms with van der Waals surface area (Å²) in [4.78, 5) is 8.96. The van der Waals surface area contributed by atoms with Crippen molar-refractivity contribution < 1.29 is 0 Å². The van der Waals surface area contributed by atoms with Crippen LogP contribution in [0.2, 0.25) is 5.02 Å². The molecule has 0 aliphatic carbocycles. The van der Waals surface area contributed by atoms with Crippen LogP contribution in [0.3, 0.4) is 0 Å². The van der Waals surface area contributed by atoms with Gasteiger partial charge in [0.1, 0.15) is 5.82 Å². The number of fused-ring (bicyclic) bond motifs is 1. The van der Waals surface area contributed by atoms with Crippen LogP contribution in [0.4, 0.5) is 5.82 Å². The molecule has 0 fully saturated rings. The molecule has 3 nitrogen and oxygen atoms in total. The summed E-state index contributed by atoms with van der Waals surface area (Å²) in [5.74, 6) is 1.09. The number of hydrogen-bond donors (Lipinski definition) is 1. The first-order valence-corrected chi connectivity index (χ1v) is 6.32. The van der Waals surface area contributed by atoms with E-state index in [9.17, 15) is 0 Å². The van der Waals surface area contributed by atoms with Crippen LogP contribution in [-0.4, -0.2) is 9.97 Å². The molecule has 1 aromatic heterocycles. The molecule has 94 valence electrons. The summed E-state index contributed by atoms with van der Waals surface area (Å²) in [6.07, 6.45) is 0. The Bertz CT molecular complexity index is 768. The second-order valence-corrected chi connectivity index (χ2v) is 4.85. The molecule has 3 rings (SSSR count). The van der Waals surface area contributed by atoms with E-state index in [1.807, 2.05) is 49.4 Å². The van der Waals surface area contributed by atoms with Crippen molar-refractivity contribution in [1.29, 1.82) is 0 Å². The Morgan fingerprint density at radius 1 is 1.05 bits per heavy atom. The van der Waals surface area contributed by atoms with E-state index in [1.54, 1.807) is 0 Å². The molecule has 0 saturated carbocycles. The summed E-state index contributed by atoms with van der Waals surface area (Å²) < 4.78 is 0. The zero-order valence-electron chi connectivity index (χ0n) is 10.4. The van der Waals surface area contributed by atoms with Crippen molar-refractivity contribution in [2.24, 2.45) is 0 Å². The number of nitrogens with two attached hydrogens (primary N) is 1. The van der Waals surface area contributed by atoms with Crippen molar-refractivity contribution in [2.75, 3.05) is 5.73 Å². The number of benzene rings is 2. The maximum absolute atomic E-state index is 6.02. The number of para-hydroxylation sites is 1. The number of aryl methyl sites for hydroxylation is 1. The maximum Gasteiger partial charge on any atom is 0.162 e. The van der Waals surface area contributed by atoms with Crippen LogP contribution < -0.4 is 5.73 Å². The average molecular weight is 270 g/mol. The fourth-order valence-electron chi connectivity index (χ4n) is 2.08. The van der Waals surface area contributed by atoms with Crippen molar-refractivity contribution >= 4 is 28.3 Å².